The van der Waals surface area contributed by atoms with Gasteiger partial charge in [-0.2, -0.15) is 0 Å². The zero-order chi connectivity index (χ0) is 16.4. The van der Waals surface area contributed by atoms with Gasteiger partial charge in [-0.05, 0) is 65.4 Å². The smallest absolute Gasteiger partial charge is 0.150 e. The molecule has 0 aromatic heterocycles. The van der Waals surface area contributed by atoms with Crippen LogP contribution in [-0.4, -0.2) is 6.29 Å². The lowest BCUT2D eigenvalue weighted by Crippen LogP contribution is -1.95. The van der Waals surface area contributed by atoms with Crippen molar-refractivity contribution in [2.24, 2.45) is 0 Å². The molecule has 0 N–H and O–H groups in total. The molecule has 0 atom stereocenters. The maximum absolute atomic E-state index is 13.6. The number of benzene rings is 3. The molecule has 0 heterocycles. The lowest BCUT2D eigenvalue weighted by atomic mass is 9.91. The molecule has 114 valence electrons. The highest BCUT2D eigenvalue weighted by Gasteiger charge is 2.12. The summed E-state index contributed by atoms with van der Waals surface area (Å²) in [6.45, 7) is 3.66. The van der Waals surface area contributed by atoms with E-state index < -0.39 is 0 Å². The highest BCUT2D eigenvalue weighted by Crippen LogP contribution is 2.32. The molecule has 3 aromatic rings. The quantitative estimate of drug-likeness (QED) is 0.576. The molecule has 1 nitrogen and oxygen atoms in total. The lowest BCUT2D eigenvalue weighted by molar-refractivity contribution is 0.112. The van der Waals surface area contributed by atoms with Gasteiger partial charge in [-0.3, -0.25) is 4.79 Å². The Morgan fingerprint density at radius 3 is 2.13 bits per heavy atom. The van der Waals surface area contributed by atoms with Crippen LogP contribution in [0.3, 0.4) is 0 Å². The van der Waals surface area contributed by atoms with E-state index >= 15 is 0 Å². The van der Waals surface area contributed by atoms with Gasteiger partial charge in [-0.1, -0.05) is 42.5 Å². The SMILES string of the molecule is Cc1cc(-c2cc(-c3ccccc3)cc(C)c2C=O)ccc1F. The van der Waals surface area contributed by atoms with Crippen LogP contribution in [0.1, 0.15) is 21.5 Å². The molecule has 0 unspecified atom stereocenters. The van der Waals surface area contributed by atoms with Crippen LogP contribution in [0.25, 0.3) is 22.3 Å². The summed E-state index contributed by atoms with van der Waals surface area (Å²) in [7, 11) is 0. The minimum Gasteiger partial charge on any atom is -0.298 e. The van der Waals surface area contributed by atoms with Crippen LogP contribution in [-0.2, 0) is 0 Å². The Bertz CT molecular complexity index is 867. The number of rotatable bonds is 3. The van der Waals surface area contributed by atoms with Crippen molar-refractivity contribution in [1.82, 2.24) is 0 Å². The predicted molar refractivity (Wildman–Crippen MR) is 92.1 cm³/mol. The van der Waals surface area contributed by atoms with Gasteiger partial charge in [0.15, 0.2) is 6.29 Å². The van der Waals surface area contributed by atoms with Crippen molar-refractivity contribution in [3.63, 3.8) is 0 Å². The molecule has 0 saturated carbocycles. The van der Waals surface area contributed by atoms with Crippen molar-refractivity contribution >= 4 is 6.29 Å². The molecule has 23 heavy (non-hydrogen) atoms. The van der Waals surface area contributed by atoms with Crippen LogP contribution >= 0.6 is 0 Å². The summed E-state index contributed by atoms with van der Waals surface area (Å²) in [5.41, 5.74) is 5.96. The molecule has 0 fully saturated rings. The first-order valence-electron chi connectivity index (χ1n) is 7.52. The van der Waals surface area contributed by atoms with Gasteiger partial charge in [0, 0.05) is 5.56 Å². The summed E-state index contributed by atoms with van der Waals surface area (Å²) in [6.07, 6.45) is 0.873. The molecule has 0 aliphatic heterocycles. The van der Waals surface area contributed by atoms with Gasteiger partial charge in [0.05, 0.1) is 0 Å². The molecule has 0 amide bonds. The average molecular weight is 304 g/mol. The van der Waals surface area contributed by atoms with Gasteiger partial charge in [0.1, 0.15) is 5.82 Å². The maximum atomic E-state index is 13.6. The van der Waals surface area contributed by atoms with Crippen LogP contribution < -0.4 is 0 Å². The molecule has 0 radical (unpaired) electrons. The zero-order valence-electron chi connectivity index (χ0n) is 13.1. The molecule has 3 rings (SSSR count). The number of halogens is 1. The van der Waals surface area contributed by atoms with E-state index in [4.69, 9.17) is 0 Å². The van der Waals surface area contributed by atoms with Gasteiger partial charge in [0.2, 0.25) is 0 Å². The van der Waals surface area contributed by atoms with E-state index in [1.165, 1.54) is 6.07 Å². The highest BCUT2D eigenvalue weighted by atomic mass is 19.1. The number of aryl methyl sites for hydroxylation is 2. The summed E-state index contributed by atoms with van der Waals surface area (Å²) in [5.74, 6) is -0.239. The normalized spacial score (nSPS) is 10.6. The number of carbonyl (C=O) groups is 1. The molecule has 3 aromatic carbocycles. The van der Waals surface area contributed by atoms with E-state index in [1.807, 2.05) is 49.4 Å². The summed E-state index contributed by atoms with van der Waals surface area (Å²) in [5, 5.41) is 0. The van der Waals surface area contributed by atoms with E-state index in [2.05, 4.69) is 0 Å². The van der Waals surface area contributed by atoms with E-state index in [9.17, 15) is 9.18 Å². The van der Waals surface area contributed by atoms with Gasteiger partial charge in [-0.25, -0.2) is 4.39 Å². The molecule has 0 aliphatic carbocycles. The second-order valence-electron chi connectivity index (χ2n) is 5.70. The number of hydrogen-bond acceptors (Lipinski definition) is 1. The van der Waals surface area contributed by atoms with E-state index in [0.29, 0.717) is 11.1 Å². The standard InChI is InChI=1S/C21H17FO/c1-14-10-18(16-6-4-3-5-7-16)12-19(20(14)13-23)17-8-9-21(22)15(2)11-17/h3-13H,1-2H3. The molecule has 0 aliphatic rings. The Labute approximate surface area is 135 Å². The summed E-state index contributed by atoms with van der Waals surface area (Å²) in [6, 6.07) is 19.0. The van der Waals surface area contributed by atoms with Crippen LogP contribution in [0.5, 0.6) is 0 Å². The molecule has 0 bridgehead atoms. The van der Waals surface area contributed by atoms with Crippen molar-refractivity contribution in [1.29, 1.82) is 0 Å². The summed E-state index contributed by atoms with van der Waals surface area (Å²) >= 11 is 0. The first-order valence-corrected chi connectivity index (χ1v) is 7.52. The van der Waals surface area contributed by atoms with Crippen LogP contribution in [0.15, 0.2) is 60.7 Å². The minimum atomic E-state index is -0.239. The Kier molecular flexibility index (Phi) is 4.07. The van der Waals surface area contributed by atoms with Crippen molar-refractivity contribution in [3.05, 3.63) is 83.2 Å². The highest BCUT2D eigenvalue weighted by molar-refractivity contribution is 5.92. The number of hydrogen-bond donors (Lipinski definition) is 0. The van der Waals surface area contributed by atoms with Crippen LogP contribution in [0.4, 0.5) is 4.39 Å². The zero-order valence-corrected chi connectivity index (χ0v) is 13.1. The Morgan fingerprint density at radius 1 is 0.783 bits per heavy atom. The Morgan fingerprint density at radius 2 is 1.48 bits per heavy atom. The Balaban J connectivity index is 2.23. The van der Waals surface area contributed by atoms with Gasteiger partial charge in [-0.15, -0.1) is 0 Å². The third kappa shape index (κ3) is 2.93. The maximum Gasteiger partial charge on any atom is 0.150 e. The molecule has 2 heteroatoms. The van der Waals surface area contributed by atoms with E-state index in [-0.39, 0.29) is 5.82 Å². The summed E-state index contributed by atoms with van der Waals surface area (Å²) < 4.78 is 13.6. The number of carbonyl (C=O) groups excluding carboxylic acids is 1. The van der Waals surface area contributed by atoms with Crippen LogP contribution in [0.2, 0.25) is 0 Å². The summed E-state index contributed by atoms with van der Waals surface area (Å²) in [4.78, 5) is 11.5. The van der Waals surface area contributed by atoms with Crippen molar-refractivity contribution in [2.75, 3.05) is 0 Å². The third-order valence-corrected chi connectivity index (χ3v) is 4.08. The first kappa shape index (κ1) is 15.2. The van der Waals surface area contributed by atoms with Gasteiger partial charge >= 0.3 is 0 Å². The van der Waals surface area contributed by atoms with Gasteiger partial charge < -0.3 is 0 Å². The number of aldehydes is 1. The molecular weight excluding hydrogens is 287 g/mol. The fourth-order valence-corrected chi connectivity index (χ4v) is 2.80. The second kappa shape index (κ2) is 6.17. The predicted octanol–water partition coefficient (Wildman–Crippen LogP) is 5.59. The fraction of sp³-hybridized carbons (Fsp3) is 0.0952. The first-order chi connectivity index (χ1) is 11.1. The van der Waals surface area contributed by atoms with E-state index in [0.717, 1.165) is 34.1 Å². The minimum absolute atomic E-state index is 0.239. The molecular formula is C21H17FO. The van der Waals surface area contributed by atoms with Crippen LogP contribution in [0, 0.1) is 19.7 Å². The molecule has 0 spiro atoms. The molecule has 0 saturated heterocycles. The monoisotopic (exact) mass is 304 g/mol. The third-order valence-electron chi connectivity index (χ3n) is 4.08. The van der Waals surface area contributed by atoms with Gasteiger partial charge in [0.25, 0.3) is 0 Å². The largest absolute Gasteiger partial charge is 0.298 e. The average Bonchev–Trinajstić information content (AvgIpc) is 2.57. The van der Waals surface area contributed by atoms with Crippen molar-refractivity contribution < 1.29 is 9.18 Å². The van der Waals surface area contributed by atoms with Crippen molar-refractivity contribution in [3.8, 4) is 22.3 Å². The fourth-order valence-electron chi connectivity index (χ4n) is 2.80. The Hall–Kier alpha value is -2.74. The second-order valence-corrected chi connectivity index (χ2v) is 5.70. The lowest BCUT2D eigenvalue weighted by Gasteiger charge is -2.13. The van der Waals surface area contributed by atoms with Crippen molar-refractivity contribution in [2.45, 2.75) is 13.8 Å². The topological polar surface area (TPSA) is 17.1 Å². The van der Waals surface area contributed by atoms with E-state index in [1.54, 1.807) is 19.1 Å².